The first-order valence-corrected chi connectivity index (χ1v) is 4.98. The molecule has 0 aliphatic heterocycles. The predicted octanol–water partition coefficient (Wildman–Crippen LogP) is 3.84. The average molecular weight is 182 g/mol. The third-order valence-corrected chi connectivity index (χ3v) is 2.46. The minimum absolute atomic E-state index is 0.485. The molecule has 0 heterocycles. The number of allylic oxidation sites excluding steroid dienone is 6. The van der Waals surface area contributed by atoms with Gasteiger partial charge < -0.3 is 0 Å². The molecule has 0 heteroatoms. The minimum Gasteiger partial charge on any atom is -0.0700 e. The number of benzene rings is 1. The van der Waals surface area contributed by atoms with Gasteiger partial charge >= 0.3 is 0 Å². The van der Waals surface area contributed by atoms with E-state index >= 15 is 0 Å². The average Bonchev–Trinajstić information content (AvgIpc) is 2.72. The summed E-state index contributed by atoms with van der Waals surface area (Å²) in [7, 11) is 0. The van der Waals surface area contributed by atoms with Crippen molar-refractivity contribution in [3.8, 4) is 0 Å². The molecule has 1 aliphatic carbocycles. The van der Waals surface area contributed by atoms with Gasteiger partial charge in [-0.2, -0.15) is 0 Å². The van der Waals surface area contributed by atoms with Crippen molar-refractivity contribution in [2.24, 2.45) is 0 Å². The van der Waals surface area contributed by atoms with Crippen molar-refractivity contribution in [1.29, 1.82) is 0 Å². The van der Waals surface area contributed by atoms with Crippen LogP contribution in [0.1, 0.15) is 18.4 Å². The largest absolute Gasteiger partial charge is 0.0700 e. The van der Waals surface area contributed by atoms with Crippen molar-refractivity contribution >= 4 is 0 Å². The molecule has 1 aliphatic rings. The fraction of sp³-hybridized carbons (Fsp3) is 0.143. The molecule has 1 unspecified atom stereocenters. The molecule has 1 atom stereocenters. The van der Waals surface area contributed by atoms with Crippen LogP contribution in [0.3, 0.4) is 0 Å². The molecular weight excluding hydrogens is 168 g/mol. The van der Waals surface area contributed by atoms with Crippen molar-refractivity contribution in [3.63, 3.8) is 0 Å². The van der Waals surface area contributed by atoms with Gasteiger partial charge in [0, 0.05) is 0 Å². The van der Waals surface area contributed by atoms with Gasteiger partial charge in [0.15, 0.2) is 0 Å². The van der Waals surface area contributed by atoms with Crippen LogP contribution in [-0.4, -0.2) is 0 Å². The summed E-state index contributed by atoms with van der Waals surface area (Å²) in [6, 6.07) is 10.6. The maximum Gasteiger partial charge on any atom is -0.000145 e. The molecule has 70 valence electrons. The highest BCUT2D eigenvalue weighted by atomic mass is 14.1. The lowest BCUT2D eigenvalue weighted by atomic mass is 9.99. The fourth-order valence-electron chi connectivity index (χ4n) is 1.64. The zero-order chi connectivity index (χ0) is 9.80. The van der Waals surface area contributed by atoms with Gasteiger partial charge in [-0.1, -0.05) is 67.6 Å². The lowest BCUT2D eigenvalue weighted by Crippen LogP contribution is -1.88. The van der Waals surface area contributed by atoms with E-state index in [2.05, 4.69) is 67.6 Å². The second-order valence-electron chi connectivity index (χ2n) is 3.58. The van der Waals surface area contributed by atoms with Crippen LogP contribution in [0.5, 0.6) is 0 Å². The molecule has 0 saturated heterocycles. The van der Waals surface area contributed by atoms with E-state index in [9.17, 15) is 0 Å². The molecule has 0 bridgehead atoms. The Kier molecular flexibility index (Phi) is 2.64. The summed E-state index contributed by atoms with van der Waals surface area (Å²) in [4.78, 5) is 0. The molecule has 1 aromatic carbocycles. The van der Waals surface area contributed by atoms with Gasteiger partial charge in [0.1, 0.15) is 0 Å². The third kappa shape index (κ3) is 2.02. The molecule has 0 nitrogen and oxygen atoms in total. The Morgan fingerprint density at radius 1 is 1.00 bits per heavy atom. The Balaban J connectivity index is 2.17. The Hall–Kier alpha value is -1.56. The van der Waals surface area contributed by atoms with Gasteiger partial charge in [-0.25, -0.2) is 0 Å². The first kappa shape index (κ1) is 9.01. The summed E-state index contributed by atoms with van der Waals surface area (Å²) in [5.41, 5.74) is 2.68. The van der Waals surface area contributed by atoms with Gasteiger partial charge in [0.2, 0.25) is 0 Å². The minimum atomic E-state index is 0.485. The second kappa shape index (κ2) is 4.10. The van der Waals surface area contributed by atoms with Crippen LogP contribution in [0.15, 0.2) is 66.3 Å². The third-order valence-electron chi connectivity index (χ3n) is 2.46. The molecular formula is C14H14. The maximum absolute atomic E-state index is 2.29. The van der Waals surface area contributed by atoms with Gasteiger partial charge in [-0.05, 0) is 17.1 Å². The Labute approximate surface area is 85.3 Å². The van der Waals surface area contributed by atoms with E-state index in [1.165, 1.54) is 11.1 Å². The summed E-state index contributed by atoms with van der Waals surface area (Å²) in [6.07, 6.45) is 10.7. The van der Waals surface area contributed by atoms with Crippen LogP contribution in [0.2, 0.25) is 0 Å². The standard InChI is InChI=1S/C14H14/c1-12(11-13-7-5-6-8-13)14-9-3-2-4-10-14/h2-12H,1H3. The van der Waals surface area contributed by atoms with E-state index in [0.29, 0.717) is 5.92 Å². The van der Waals surface area contributed by atoms with E-state index in [0.717, 1.165) is 0 Å². The van der Waals surface area contributed by atoms with Crippen molar-refractivity contribution in [3.05, 3.63) is 71.8 Å². The highest BCUT2D eigenvalue weighted by Crippen LogP contribution is 2.20. The number of rotatable bonds is 2. The highest BCUT2D eigenvalue weighted by molar-refractivity contribution is 5.42. The topological polar surface area (TPSA) is 0 Å². The summed E-state index contributed by atoms with van der Waals surface area (Å²) in [5, 5.41) is 0. The zero-order valence-electron chi connectivity index (χ0n) is 8.35. The monoisotopic (exact) mass is 182 g/mol. The molecule has 0 amide bonds. The van der Waals surface area contributed by atoms with E-state index in [-0.39, 0.29) is 0 Å². The Morgan fingerprint density at radius 3 is 2.29 bits per heavy atom. The molecule has 2 rings (SSSR count). The molecule has 0 saturated carbocycles. The van der Waals surface area contributed by atoms with Crippen molar-refractivity contribution in [2.75, 3.05) is 0 Å². The number of hydrogen-bond acceptors (Lipinski definition) is 0. The van der Waals surface area contributed by atoms with Crippen LogP contribution in [0, 0.1) is 0 Å². The van der Waals surface area contributed by atoms with E-state index in [1.54, 1.807) is 0 Å². The normalized spacial score (nSPS) is 15.9. The second-order valence-corrected chi connectivity index (χ2v) is 3.58. The van der Waals surface area contributed by atoms with Gasteiger partial charge in [0.05, 0.1) is 0 Å². The van der Waals surface area contributed by atoms with E-state index in [4.69, 9.17) is 0 Å². The van der Waals surface area contributed by atoms with E-state index in [1.807, 2.05) is 0 Å². The smallest absolute Gasteiger partial charge is 0.000145 e. The molecule has 0 radical (unpaired) electrons. The van der Waals surface area contributed by atoms with Gasteiger partial charge in [-0.15, -0.1) is 0 Å². The molecule has 14 heavy (non-hydrogen) atoms. The first-order chi connectivity index (χ1) is 6.86. The summed E-state index contributed by atoms with van der Waals surface area (Å²) in [5.74, 6) is 0.485. The van der Waals surface area contributed by atoms with Gasteiger partial charge in [0.25, 0.3) is 0 Å². The van der Waals surface area contributed by atoms with Crippen molar-refractivity contribution < 1.29 is 0 Å². The van der Waals surface area contributed by atoms with Crippen molar-refractivity contribution in [2.45, 2.75) is 12.8 Å². The molecule has 1 aromatic rings. The zero-order valence-corrected chi connectivity index (χ0v) is 8.35. The van der Waals surface area contributed by atoms with Crippen LogP contribution in [0.25, 0.3) is 0 Å². The fourth-order valence-corrected chi connectivity index (χ4v) is 1.64. The highest BCUT2D eigenvalue weighted by Gasteiger charge is 2.01. The molecule has 0 aromatic heterocycles. The van der Waals surface area contributed by atoms with Crippen LogP contribution in [0.4, 0.5) is 0 Å². The first-order valence-electron chi connectivity index (χ1n) is 4.98. The van der Waals surface area contributed by atoms with Crippen LogP contribution < -0.4 is 0 Å². The summed E-state index contributed by atoms with van der Waals surface area (Å²) < 4.78 is 0. The lowest BCUT2D eigenvalue weighted by molar-refractivity contribution is 0.963. The van der Waals surface area contributed by atoms with Gasteiger partial charge in [-0.3, -0.25) is 0 Å². The SMILES string of the molecule is CC(C=C1C=CC=C1)c1ccccc1. The summed E-state index contributed by atoms with van der Waals surface area (Å²) in [6.45, 7) is 2.22. The lowest BCUT2D eigenvalue weighted by Gasteiger charge is -2.06. The Bertz CT molecular complexity index is 366. The Morgan fingerprint density at radius 2 is 1.64 bits per heavy atom. The van der Waals surface area contributed by atoms with Crippen LogP contribution in [-0.2, 0) is 0 Å². The van der Waals surface area contributed by atoms with E-state index < -0.39 is 0 Å². The molecule has 0 fully saturated rings. The molecule has 0 spiro atoms. The molecule has 0 N–H and O–H groups in total. The predicted molar refractivity (Wildman–Crippen MR) is 61.2 cm³/mol. The quantitative estimate of drug-likeness (QED) is 0.651. The number of hydrogen-bond donors (Lipinski definition) is 0. The van der Waals surface area contributed by atoms with Crippen LogP contribution >= 0.6 is 0 Å². The van der Waals surface area contributed by atoms with Crippen molar-refractivity contribution in [1.82, 2.24) is 0 Å². The summed E-state index contributed by atoms with van der Waals surface area (Å²) >= 11 is 0. The maximum atomic E-state index is 2.29.